The number of nitrogen functional groups attached to an aromatic ring is 1. The average Bonchev–Trinajstić information content (AvgIpc) is 2.98. The molecule has 0 radical (unpaired) electrons. The lowest BCUT2D eigenvalue weighted by molar-refractivity contribution is -0.463. The second-order valence-corrected chi connectivity index (χ2v) is 10.8. The molecule has 1 aromatic rings. The van der Waals surface area contributed by atoms with E-state index in [4.69, 9.17) is 0 Å². The van der Waals surface area contributed by atoms with Gasteiger partial charge in [0.05, 0.1) is 16.8 Å². The Labute approximate surface area is 286 Å². The summed E-state index contributed by atoms with van der Waals surface area (Å²) >= 11 is 0. The van der Waals surface area contributed by atoms with Crippen molar-refractivity contribution in [2.45, 2.75) is 95.3 Å². The van der Waals surface area contributed by atoms with Crippen molar-refractivity contribution in [3.05, 3.63) is 29.3 Å². The molecule has 0 aliphatic rings. The largest absolute Gasteiger partial charge is 0.460 e. The van der Waals surface area contributed by atoms with Gasteiger partial charge >= 0.3 is 95.3 Å². The fourth-order valence-electron chi connectivity index (χ4n) is 3.78. The predicted molar refractivity (Wildman–Crippen MR) is 110 cm³/mol. The Balaban J connectivity index is 4.12. The summed E-state index contributed by atoms with van der Waals surface area (Å²) in [7, 11) is 0. The first-order valence-corrected chi connectivity index (χ1v) is 12.5. The topological polar surface area (TPSA) is 26.0 Å². The molecule has 0 aliphatic heterocycles. The van der Waals surface area contributed by atoms with Crippen LogP contribution in [0.4, 0.5) is 155 Å². The molecule has 2 N–H and O–H groups in total. The van der Waals surface area contributed by atoms with Gasteiger partial charge in [-0.25, -0.2) is 0 Å². The third kappa shape index (κ3) is 6.11. The number of benzene rings is 1. The van der Waals surface area contributed by atoms with Crippen molar-refractivity contribution in [1.29, 1.82) is 0 Å². The van der Waals surface area contributed by atoms with Crippen LogP contribution in [-0.4, -0.2) is 83.4 Å². The zero-order chi connectivity index (χ0) is 46.9. The molecule has 1 nitrogen and oxygen atoms in total. The molecule has 0 spiro atoms. The Morgan fingerprint density at radius 3 is 0.579 bits per heavy atom. The van der Waals surface area contributed by atoms with Crippen LogP contribution in [0.25, 0.3) is 0 Å². The highest BCUT2D eigenvalue weighted by molar-refractivity contribution is 5.59. The van der Waals surface area contributed by atoms with Crippen molar-refractivity contribution in [1.82, 2.24) is 0 Å². The van der Waals surface area contributed by atoms with Gasteiger partial charge in [-0.05, 0) is 0 Å². The van der Waals surface area contributed by atoms with Crippen LogP contribution in [0.5, 0.6) is 0 Å². The molecule has 0 aromatic heterocycles. The Bertz CT molecular complexity index is 1520. The van der Waals surface area contributed by atoms with Crippen molar-refractivity contribution in [3.8, 4) is 0 Å². The monoisotopic (exact) mass is 929 g/mol. The van der Waals surface area contributed by atoms with Crippen LogP contribution in [-0.2, 0) is 11.8 Å². The van der Waals surface area contributed by atoms with Crippen molar-refractivity contribution < 1.29 is 149 Å². The second-order valence-electron chi connectivity index (χ2n) is 10.8. The molecule has 0 saturated heterocycles. The number of nitrogens with two attached hydrogens (primary N) is 1. The van der Waals surface area contributed by atoms with Gasteiger partial charge in [-0.2, -0.15) is 149 Å². The Morgan fingerprint density at radius 2 is 0.404 bits per heavy atom. The molecule has 0 fully saturated rings. The van der Waals surface area contributed by atoms with Crippen molar-refractivity contribution >= 4 is 5.69 Å². The molecule has 0 saturated carbocycles. The third-order valence-electron chi connectivity index (χ3n) is 7.23. The van der Waals surface area contributed by atoms with E-state index in [0.717, 1.165) is 0 Å². The summed E-state index contributed by atoms with van der Waals surface area (Å²) in [4.78, 5) is 0. The maximum Gasteiger partial charge on any atom is 0.460 e. The molecule has 35 heteroatoms. The number of hydrogen-bond acceptors (Lipinski definition) is 1. The fourth-order valence-corrected chi connectivity index (χ4v) is 3.78. The van der Waals surface area contributed by atoms with Gasteiger partial charge < -0.3 is 5.73 Å². The summed E-state index contributed by atoms with van der Waals surface area (Å²) in [5, 5.41) is 0. The normalized spacial score (nSPS) is 16.7. The molecule has 0 atom stereocenters. The first-order chi connectivity index (χ1) is 24.1. The maximum absolute atomic E-state index is 14.7. The van der Waals surface area contributed by atoms with E-state index in [1.165, 1.54) is 0 Å². The van der Waals surface area contributed by atoms with Gasteiger partial charge in [0.2, 0.25) is 0 Å². The SMILES string of the molecule is Nc1c(C(F)(F)C(F)(F)C(F)(F)C(F)(F)C(F)(F)C(F)(F)C(F)(F)C(F)(F)F)cccc1C(F)(F)C(F)(F)C(F)(F)C(F)(F)C(F)(F)C(F)(F)C(F)(F)C(F)(F)F. The zero-order valence-electron chi connectivity index (χ0n) is 24.7. The summed E-state index contributed by atoms with van der Waals surface area (Å²) in [6.07, 6.45) is -16.4. The van der Waals surface area contributed by atoms with Crippen LogP contribution in [0.3, 0.4) is 0 Å². The highest BCUT2D eigenvalue weighted by atomic mass is 19.4. The number of hydrogen-bond donors (Lipinski definition) is 1. The van der Waals surface area contributed by atoms with E-state index in [0.29, 0.717) is 0 Å². The Hall–Kier alpha value is -3.36. The average molecular weight is 929 g/mol. The van der Waals surface area contributed by atoms with E-state index in [1.807, 2.05) is 0 Å². The van der Waals surface area contributed by atoms with Gasteiger partial charge in [0.15, 0.2) is 0 Å². The van der Waals surface area contributed by atoms with Gasteiger partial charge in [-0.1, -0.05) is 18.2 Å². The molecule has 336 valence electrons. The second kappa shape index (κ2) is 12.8. The molecule has 0 amide bonds. The number of halogens is 34. The minimum absolute atomic E-state index is 1.17. The van der Waals surface area contributed by atoms with Crippen LogP contribution in [0.15, 0.2) is 18.2 Å². The smallest absolute Gasteiger partial charge is 0.398 e. The summed E-state index contributed by atoms with van der Waals surface area (Å²) in [6.45, 7) is 0. The van der Waals surface area contributed by atoms with E-state index in [1.54, 1.807) is 0 Å². The van der Waals surface area contributed by atoms with Gasteiger partial charge in [-0.3, -0.25) is 0 Å². The highest BCUT2D eigenvalue weighted by Crippen LogP contribution is 2.68. The molecule has 1 aromatic carbocycles. The van der Waals surface area contributed by atoms with Crippen LogP contribution in [0, 0.1) is 0 Å². The molecule has 0 unspecified atom stereocenters. The number of anilines is 1. The molecule has 0 heterocycles. The van der Waals surface area contributed by atoms with E-state index >= 15 is 0 Å². The first kappa shape index (κ1) is 51.7. The number of para-hydroxylation sites is 1. The lowest BCUT2D eigenvalue weighted by Crippen LogP contribution is -2.74. The van der Waals surface area contributed by atoms with E-state index in [-0.39, 0.29) is 0 Å². The lowest BCUT2D eigenvalue weighted by Gasteiger charge is -2.43. The minimum Gasteiger partial charge on any atom is -0.398 e. The predicted octanol–water partition coefficient (Wildman–Crippen LogP) is 12.2. The number of rotatable bonds is 14. The van der Waals surface area contributed by atoms with Gasteiger partial charge in [-0.15, -0.1) is 0 Å². The third-order valence-corrected chi connectivity index (χ3v) is 7.23. The summed E-state index contributed by atoms with van der Waals surface area (Å²) in [5.74, 6) is -126. The fraction of sp³-hybridized carbons (Fsp3) is 0.727. The molecule has 0 bridgehead atoms. The zero-order valence-corrected chi connectivity index (χ0v) is 24.7. The summed E-state index contributed by atoms with van der Waals surface area (Å²) < 4.78 is 461. The Kier molecular flexibility index (Phi) is 11.6. The lowest BCUT2D eigenvalue weighted by atomic mass is 9.84. The van der Waals surface area contributed by atoms with Crippen molar-refractivity contribution in [2.75, 3.05) is 5.73 Å². The Morgan fingerprint density at radius 1 is 0.246 bits per heavy atom. The number of alkyl halides is 34. The van der Waals surface area contributed by atoms with Crippen LogP contribution < -0.4 is 5.73 Å². The van der Waals surface area contributed by atoms with Crippen LogP contribution >= 0.6 is 0 Å². The molecule has 0 aliphatic carbocycles. The quantitative estimate of drug-likeness (QED) is 0.146. The molecular weight excluding hydrogens is 924 g/mol. The molecule has 1 rings (SSSR count). The van der Waals surface area contributed by atoms with Crippen LogP contribution in [0.2, 0.25) is 0 Å². The summed E-state index contributed by atoms with van der Waals surface area (Å²) in [5.41, 5.74) is -7.90. The van der Waals surface area contributed by atoms with E-state index in [2.05, 4.69) is 5.73 Å². The van der Waals surface area contributed by atoms with Gasteiger partial charge in [0.1, 0.15) is 0 Å². The standard InChI is InChI=1S/C22H5F34N/c23-7(24,9(27,28)11(31,32)13(35,36)15(39,40)17(43,44)19(47,48)21(51,52)53)4-2-1-3-5(6(4)57)8(25,26)10(29,30)12(33,34)14(37,38)16(41,42)18(45,46)20(49,50)22(54,55)56/h1-3H,57H2. The van der Waals surface area contributed by atoms with Crippen molar-refractivity contribution in [2.24, 2.45) is 0 Å². The first-order valence-electron chi connectivity index (χ1n) is 12.5. The van der Waals surface area contributed by atoms with E-state index < -0.39 is 130 Å². The molecular formula is C22H5F34N. The molecule has 57 heavy (non-hydrogen) atoms. The van der Waals surface area contributed by atoms with Gasteiger partial charge in [0, 0.05) is 0 Å². The van der Waals surface area contributed by atoms with Crippen molar-refractivity contribution in [3.63, 3.8) is 0 Å². The minimum atomic E-state index is -9.39. The highest BCUT2D eigenvalue weighted by Gasteiger charge is 2.97. The van der Waals surface area contributed by atoms with E-state index in [9.17, 15) is 149 Å². The maximum atomic E-state index is 14.7. The van der Waals surface area contributed by atoms with Crippen LogP contribution in [0.1, 0.15) is 11.1 Å². The van der Waals surface area contributed by atoms with Gasteiger partial charge in [0.25, 0.3) is 0 Å². The summed E-state index contributed by atoms with van der Waals surface area (Å²) in [6, 6.07) is -3.94.